The second-order valence-electron chi connectivity index (χ2n) is 5.28. The third kappa shape index (κ3) is 5.99. The molecule has 26 heavy (non-hydrogen) atoms. The van der Waals surface area contributed by atoms with Gasteiger partial charge in [0.1, 0.15) is 0 Å². The first-order chi connectivity index (χ1) is 12.1. The molecule has 0 N–H and O–H groups in total. The van der Waals surface area contributed by atoms with E-state index in [-0.39, 0.29) is 0 Å². The summed E-state index contributed by atoms with van der Waals surface area (Å²) in [6.07, 6.45) is -3.82. The van der Waals surface area contributed by atoms with Crippen molar-refractivity contribution in [2.24, 2.45) is 0 Å². The molecule has 1 unspecified atom stereocenters. The molecule has 10 nitrogen and oxygen atoms in total. The fraction of sp³-hybridized carbons (Fsp3) is 0.667. The SMILES string of the molecule is COC(=O)C1[Se][C@@H](OC(C)=O)[C@H](OC(C)=O)[C@H](OC(C)=O)[C@H]1OC(C)=O. The number of hydrogen-bond acceptors (Lipinski definition) is 10. The second-order valence-corrected chi connectivity index (χ2v) is 7.89. The first-order valence-corrected chi connectivity index (χ1v) is 9.46. The van der Waals surface area contributed by atoms with Crippen LogP contribution in [0.1, 0.15) is 27.7 Å². The van der Waals surface area contributed by atoms with Gasteiger partial charge in [-0.25, -0.2) is 0 Å². The standard InChI is InChI=1S/C15H20O10Se/c1-6(16)22-10-11(23-7(2)17)13(14(20)21-5)26-15(25-9(4)19)12(10)24-8(3)18/h10-13,15H,1-5H3/t10-,11-,12-,13?,15-/m1/s1. The van der Waals surface area contributed by atoms with E-state index in [1.54, 1.807) is 0 Å². The van der Waals surface area contributed by atoms with Gasteiger partial charge >= 0.3 is 155 Å². The number of ether oxygens (including phenoxy) is 5. The summed E-state index contributed by atoms with van der Waals surface area (Å²) in [5, 5.41) is -1.04. The molecule has 0 spiro atoms. The number of carbonyl (C=O) groups excluding carboxylic acids is 5. The predicted octanol–water partition coefficient (Wildman–Crippen LogP) is -0.650. The van der Waals surface area contributed by atoms with Crippen LogP contribution in [0, 0.1) is 0 Å². The predicted molar refractivity (Wildman–Crippen MR) is 83.7 cm³/mol. The Morgan fingerprint density at radius 1 is 0.654 bits per heavy atom. The molecule has 1 aliphatic heterocycles. The van der Waals surface area contributed by atoms with Gasteiger partial charge in [-0.2, -0.15) is 0 Å². The average Bonchev–Trinajstić information content (AvgIpc) is 2.50. The molecule has 1 saturated heterocycles. The zero-order valence-electron chi connectivity index (χ0n) is 14.9. The number of esters is 5. The summed E-state index contributed by atoms with van der Waals surface area (Å²) in [5.41, 5.74) is 0. The topological polar surface area (TPSA) is 132 Å². The summed E-state index contributed by atoms with van der Waals surface area (Å²) < 4.78 is 25.4. The molecule has 0 amide bonds. The van der Waals surface area contributed by atoms with E-state index in [1.807, 2.05) is 0 Å². The van der Waals surface area contributed by atoms with E-state index in [2.05, 4.69) is 0 Å². The molecule has 1 heterocycles. The van der Waals surface area contributed by atoms with Crippen LogP contribution in [0.5, 0.6) is 0 Å². The van der Waals surface area contributed by atoms with Crippen molar-refractivity contribution in [2.75, 3.05) is 7.11 Å². The van der Waals surface area contributed by atoms with Gasteiger partial charge in [0.25, 0.3) is 0 Å². The maximum absolute atomic E-state index is 12.2. The van der Waals surface area contributed by atoms with Crippen LogP contribution in [0.15, 0.2) is 0 Å². The summed E-state index contributed by atoms with van der Waals surface area (Å²) in [5.74, 6) is -3.62. The first kappa shape index (κ1) is 21.9. The molecule has 5 atom stereocenters. The number of hydrogen-bond donors (Lipinski definition) is 0. The Morgan fingerprint density at radius 2 is 1.08 bits per heavy atom. The summed E-state index contributed by atoms with van der Waals surface area (Å²) in [6.45, 7) is 4.48. The van der Waals surface area contributed by atoms with Gasteiger partial charge in [0, 0.05) is 0 Å². The quantitative estimate of drug-likeness (QED) is 0.309. The van der Waals surface area contributed by atoms with Crippen LogP contribution in [0.4, 0.5) is 0 Å². The van der Waals surface area contributed by atoms with Crippen molar-refractivity contribution >= 4 is 44.8 Å². The van der Waals surface area contributed by atoms with Crippen molar-refractivity contribution in [3.63, 3.8) is 0 Å². The molecule has 0 aromatic rings. The Labute approximate surface area is 155 Å². The Morgan fingerprint density at radius 3 is 1.50 bits per heavy atom. The fourth-order valence-corrected chi connectivity index (χ4v) is 5.31. The average molecular weight is 439 g/mol. The van der Waals surface area contributed by atoms with Crippen molar-refractivity contribution < 1.29 is 47.7 Å². The molecule has 0 aromatic heterocycles. The molecule has 0 saturated carbocycles. The number of rotatable bonds is 5. The normalized spacial score (nSPS) is 27.7. The molecule has 0 radical (unpaired) electrons. The van der Waals surface area contributed by atoms with Gasteiger partial charge in [0.15, 0.2) is 0 Å². The Kier molecular flexibility index (Phi) is 8.04. The van der Waals surface area contributed by atoms with Crippen LogP contribution >= 0.6 is 0 Å². The van der Waals surface area contributed by atoms with E-state index in [0.29, 0.717) is 0 Å². The van der Waals surface area contributed by atoms with Crippen molar-refractivity contribution in [3.05, 3.63) is 0 Å². The second kappa shape index (κ2) is 9.53. The van der Waals surface area contributed by atoms with Crippen LogP contribution in [0.3, 0.4) is 0 Å². The Balaban J connectivity index is 3.37. The molecule has 146 valence electrons. The Bertz CT molecular complexity index is 589. The van der Waals surface area contributed by atoms with Crippen molar-refractivity contribution in [3.8, 4) is 0 Å². The third-order valence-electron chi connectivity index (χ3n) is 3.12. The van der Waals surface area contributed by atoms with E-state index in [0.717, 1.165) is 34.8 Å². The monoisotopic (exact) mass is 440 g/mol. The van der Waals surface area contributed by atoms with E-state index in [9.17, 15) is 24.0 Å². The van der Waals surface area contributed by atoms with Gasteiger partial charge in [-0.05, 0) is 0 Å². The van der Waals surface area contributed by atoms with Crippen LogP contribution < -0.4 is 0 Å². The van der Waals surface area contributed by atoms with Crippen LogP contribution in [-0.4, -0.2) is 75.2 Å². The summed E-state index contributed by atoms with van der Waals surface area (Å²) in [6, 6.07) is 0. The first-order valence-electron chi connectivity index (χ1n) is 7.49. The van der Waals surface area contributed by atoms with Gasteiger partial charge in [0.05, 0.1) is 0 Å². The van der Waals surface area contributed by atoms with Crippen molar-refractivity contribution in [2.45, 2.75) is 55.8 Å². The molecule has 1 fully saturated rings. The molecule has 11 heteroatoms. The summed E-state index contributed by atoms with van der Waals surface area (Å²) in [7, 11) is 1.14. The molecule has 1 aliphatic rings. The molecular weight excluding hydrogens is 419 g/mol. The van der Waals surface area contributed by atoms with E-state index >= 15 is 0 Å². The molecule has 0 bridgehead atoms. The molecular formula is C15H20O10Se. The zero-order valence-corrected chi connectivity index (χ0v) is 16.6. The summed E-state index contributed by atoms with van der Waals surface area (Å²) >= 11 is -0.838. The van der Waals surface area contributed by atoms with Crippen molar-refractivity contribution in [1.29, 1.82) is 0 Å². The van der Waals surface area contributed by atoms with Crippen LogP contribution in [-0.2, 0) is 47.7 Å². The fourth-order valence-electron chi connectivity index (χ4n) is 2.34. The van der Waals surface area contributed by atoms with E-state index < -0.39 is 72.9 Å². The molecule has 1 rings (SSSR count). The zero-order chi connectivity index (χ0) is 20.0. The van der Waals surface area contributed by atoms with Gasteiger partial charge in [-0.1, -0.05) is 0 Å². The van der Waals surface area contributed by atoms with E-state index in [1.165, 1.54) is 0 Å². The van der Waals surface area contributed by atoms with E-state index in [4.69, 9.17) is 23.7 Å². The number of methoxy groups -OCH3 is 1. The minimum absolute atomic E-state index is 0.676. The molecule has 0 aliphatic carbocycles. The molecule has 0 aromatic carbocycles. The Hall–Kier alpha value is -2.13. The third-order valence-corrected chi connectivity index (χ3v) is 6.03. The summed E-state index contributed by atoms with van der Waals surface area (Å²) in [4.78, 5) is 57.0. The van der Waals surface area contributed by atoms with Crippen LogP contribution in [0.25, 0.3) is 0 Å². The maximum atomic E-state index is 12.2. The van der Waals surface area contributed by atoms with Gasteiger partial charge in [0.2, 0.25) is 0 Å². The minimum atomic E-state index is -1.34. The van der Waals surface area contributed by atoms with Crippen LogP contribution in [0.2, 0.25) is 4.82 Å². The van der Waals surface area contributed by atoms with Gasteiger partial charge in [-0.3, -0.25) is 0 Å². The number of carbonyl (C=O) groups is 5. The van der Waals surface area contributed by atoms with Crippen molar-refractivity contribution in [1.82, 2.24) is 0 Å². The van der Waals surface area contributed by atoms with Gasteiger partial charge in [-0.15, -0.1) is 0 Å². The van der Waals surface area contributed by atoms with Gasteiger partial charge < -0.3 is 0 Å².